The predicted molar refractivity (Wildman–Crippen MR) is 103 cm³/mol. The van der Waals surface area contributed by atoms with Crippen LogP contribution in [0.5, 0.6) is 0 Å². The molecule has 0 radical (unpaired) electrons. The molecule has 0 aliphatic carbocycles. The van der Waals surface area contributed by atoms with Crippen molar-refractivity contribution in [3.63, 3.8) is 0 Å². The van der Waals surface area contributed by atoms with E-state index in [1.807, 2.05) is 31.4 Å². The quantitative estimate of drug-likeness (QED) is 0.652. The Morgan fingerprint density at radius 3 is 2.96 bits per heavy atom. The van der Waals surface area contributed by atoms with Crippen molar-refractivity contribution >= 4 is 45.1 Å². The van der Waals surface area contributed by atoms with Crippen molar-refractivity contribution in [2.45, 2.75) is 19.4 Å². The number of fused-ring (bicyclic) bond motifs is 1. The average molecular weight is 374 g/mol. The van der Waals surface area contributed by atoms with Crippen LogP contribution in [0.25, 0.3) is 21.6 Å². The first-order valence-corrected chi connectivity index (χ1v) is 9.96. The number of thiophene rings is 1. The first-order chi connectivity index (χ1) is 12.1. The molecule has 0 bridgehead atoms. The van der Waals surface area contributed by atoms with E-state index < -0.39 is 12.0 Å². The summed E-state index contributed by atoms with van der Waals surface area (Å²) >= 11 is 3.19. The summed E-state index contributed by atoms with van der Waals surface area (Å²) in [5.41, 5.74) is 0.800. The maximum atomic E-state index is 11.6. The number of hydrogen-bond acceptors (Lipinski definition) is 7. The van der Waals surface area contributed by atoms with Crippen LogP contribution in [0.1, 0.15) is 11.3 Å². The van der Waals surface area contributed by atoms with Gasteiger partial charge in [0.1, 0.15) is 16.7 Å². The molecule has 2 N–H and O–H groups in total. The number of carboxylic acid groups (broad SMARTS) is 1. The molecule has 0 saturated carbocycles. The Bertz CT molecular complexity index is 883. The lowest BCUT2D eigenvalue weighted by Gasteiger charge is -2.16. The second-order valence-corrected chi connectivity index (χ2v) is 7.75. The lowest BCUT2D eigenvalue weighted by molar-refractivity contribution is -0.137. The molecule has 0 fully saturated rings. The Kier molecular flexibility index (Phi) is 5.50. The van der Waals surface area contributed by atoms with Gasteiger partial charge in [0.15, 0.2) is 5.82 Å². The minimum atomic E-state index is -0.879. The number of pyridine rings is 1. The molecular formula is C17H18N4O2S2. The van der Waals surface area contributed by atoms with Gasteiger partial charge in [-0.15, -0.1) is 11.3 Å². The third-order valence-electron chi connectivity index (χ3n) is 3.66. The highest BCUT2D eigenvalue weighted by Gasteiger charge is 2.20. The van der Waals surface area contributed by atoms with E-state index in [9.17, 15) is 9.90 Å². The highest BCUT2D eigenvalue weighted by Crippen LogP contribution is 2.31. The molecule has 1 atom stereocenters. The number of nitrogens with zero attached hydrogens (tertiary/aromatic N) is 3. The zero-order valence-corrected chi connectivity index (χ0v) is 15.5. The zero-order chi connectivity index (χ0) is 17.8. The number of anilines is 1. The van der Waals surface area contributed by atoms with E-state index >= 15 is 0 Å². The number of carboxylic acids is 1. The normalized spacial score (nSPS) is 12.2. The van der Waals surface area contributed by atoms with Crippen molar-refractivity contribution in [3.05, 3.63) is 35.5 Å². The number of aromatic nitrogens is 3. The van der Waals surface area contributed by atoms with Gasteiger partial charge in [0.05, 0.1) is 5.39 Å². The molecule has 0 aliphatic heterocycles. The highest BCUT2D eigenvalue weighted by molar-refractivity contribution is 7.98. The summed E-state index contributed by atoms with van der Waals surface area (Å²) in [6, 6.07) is 5.02. The topological polar surface area (TPSA) is 88.0 Å². The van der Waals surface area contributed by atoms with Crippen LogP contribution in [-0.4, -0.2) is 44.1 Å². The highest BCUT2D eigenvalue weighted by atomic mass is 32.2. The minimum absolute atomic E-state index is 0.521. The van der Waals surface area contributed by atoms with Gasteiger partial charge >= 0.3 is 5.97 Å². The number of aliphatic carboxylic acids is 1. The molecule has 0 aromatic carbocycles. The molecule has 0 amide bonds. The van der Waals surface area contributed by atoms with Crippen LogP contribution in [0.4, 0.5) is 5.82 Å². The molecule has 0 aliphatic rings. The maximum Gasteiger partial charge on any atom is 0.326 e. The molecule has 130 valence electrons. The van der Waals surface area contributed by atoms with Crippen molar-refractivity contribution in [3.8, 4) is 11.4 Å². The lowest BCUT2D eigenvalue weighted by atomic mass is 10.2. The van der Waals surface area contributed by atoms with Gasteiger partial charge in [-0.2, -0.15) is 11.8 Å². The second-order valence-electron chi connectivity index (χ2n) is 5.53. The number of nitrogens with one attached hydrogen (secondary N) is 1. The standard InChI is InChI=1S/C17H18N4O2S2/c1-10-8-12-15(19-13(17(22)23)5-7-24-2)20-14(21-16(12)25-10)11-4-3-6-18-9-11/h3-4,6,8-9,13H,5,7H2,1-2H3,(H,22,23)(H,19,20,21). The Morgan fingerprint density at radius 2 is 2.28 bits per heavy atom. The van der Waals surface area contributed by atoms with Crippen molar-refractivity contribution in [1.29, 1.82) is 0 Å². The molecule has 0 saturated heterocycles. The molecule has 3 rings (SSSR count). The number of hydrogen-bond donors (Lipinski definition) is 2. The van der Waals surface area contributed by atoms with Crippen LogP contribution >= 0.6 is 23.1 Å². The van der Waals surface area contributed by atoms with Crippen molar-refractivity contribution in [1.82, 2.24) is 15.0 Å². The van der Waals surface area contributed by atoms with Crippen LogP contribution in [-0.2, 0) is 4.79 Å². The molecule has 3 aromatic heterocycles. The van der Waals surface area contributed by atoms with E-state index in [2.05, 4.69) is 20.3 Å². The summed E-state index contributed by atoms with van der Waals surface area (Å²) in [6.07, 6.45) is 5.88. The Hall–Kier alpha value is -2.19. The molecule has 3 aromatic rings. The predicted octanol–water partition coefficient (Wildman–Crippen LogP) is 3.68. The molecule has 0 spiro atoms. The van der Waals surface area contributed by atoms with Gasteiger partial charge in [0, 0.05) is 22.8 Å². The van der Waals surface area contributed by atoms with Gasteiger partial charge in [-0.3, -0.25) is 4.98 Å². The fourth-order valence-electron chi connectivity index (χ4n) is 2.43. The van der Waals surface area contributed by atoms with Crippen LogP contribution in [0.2, 0.25) is 0 Å². The van der Waals surface area contributed by atoms with E-state index in [1.54, 1.807) is 35.5 Å². The monoisotopic (exact) mass is 374 g/mol. The molecule has 25 heavy (non-hydrogen) atoms. The van der Waals surface area contributed by atoms with E-state index in [-0.39, 0.29) is 0 Å². The number of carbonyl (C=O) groups is 1. The summed E-state index contributed by atoms with van der Waals surface area (Å²) in [5.74, 6) is 0.979. The smallest absolute Gasteiger partial charge is 0.326 e. The summed E-state index contributed by atoms with van der Waals surface area (Å²) in [7, 11) is 0. The lowest BCUT2D eigenvalue weighted by Crippen LogP contribution is -2.30. The third-order valence-corrected chi connectivity index (χ3v) is 5.24. The zero-order valence-electron chi connectivity index (χ0n) is 13.9. The first-order valence-electron chi connectivity index (χ1n) is 7.75. The average Bonchev–Trinajstić information content (AvgIpc) is 2.99. The summed E-state index contributed by atoms with van der Waals surface area (Å²) in [4.78, 5) is 26.8. The van der Waals surface area contributed by atoms with Gasteiger partial charge in [0.25, 0.3) is 0 Å². The third kappa shape index (κ3) is 4.08. The van der Waals surface area contributed by atoms with Crippen LogP contribution < -0.4 is 5.32 Å². The van der Waals surface area contributed by atoms with Crippen molar-refractivity contribution in [2.24, 2.45) is 0 Å². The van der Waals surface area contributed by atoms with Crippen molar-refractivity contribution < 1.29 is 9.90 Å². The fraction of sp³-hybridized carbons (Fsp3) is 0.294. The number of aryl methyl sites for hydroxylation is 1. The van der Waals surface area contributed by atoms with Crippen LogP contribution in [0, 0.1) is 6.92 Å². The summed E-state index contributed by atoms with van der Waals surface area (Å²) in [6.45, 7) is 2.00. The minimum Gasteiger partial charge on any atom is -0.480 e. The van der Waals surface area contributed by atoms with Gasteiger partial charge < -0.3 is 10.4 Å². The summed E-state index contributed by atoms with van der Waals surface area (Å²) < 4.78 is 0. The SMILES string of the molecule is CSCCC(Nc1nc(-c2cccnc2)nc2sc(C)cc12)C(=O)O. The van der Waals surface area contributed by atoms with Crippen molar-refractivity contribution in [2.75, 3.05) is 17.3 Å². The van der Waals surface area contributed by atoms with E-state index in [1.165, 1.54) is 0 Å². The van der Waals surface area contributed by atoms with Crippen LogP contribution in [0.3, 0.4) is 0 Å². The van der Waals surface area contributed by atoms with Crippen LogP contribution in [0.15, 0.2) is 30.6 Å². The molecule has 6 nitrogen and oxygen atoms in total. The number of rotatable bonds is 7. The molecule has 1 unspecified atom stereocenters. The van der Waals surface area contributed by atoms with Gasteiger partial charge in [-0.25, -0.2) is 14.8 Å². The summed E-state index contributed by atoms with van der Waals surface area (Å²) in [5, 5.41) is 13.5. The Labute approximate surface area is 153 Å². The first kappa shape index (κ1) is 17.6. The van der Waals surface area contributed by atoms with E-state index in [4.69, 9.17) is 0 Å². The van der Waals surface area contributed by atoms with Gasteiger partial charge in [-0.1, -0.05) is 0 Å². The second kappa shape index (κ2) is 7.79. The Morgan fingerprint density at radius 1 is 1.44 bits per heavy atom. The Balaban J connectivity index is 2.04. The van der Waals surface area contributed by atoms with Gasteiger partial charge in [0.2, 0.25) is 0 Å². The largest absolute Gasteiger partial charge is 0.480 e. The van der Waals surface area contributed by atoms with Gasteiger partial charge in [-0.05, 0) is 43.6 Å². The van der Waals surface area contributed by atoms with E-state index in [0.29, 0.717) is 18.1 Å². The maximum absolute atomic E-state index is 11.6. The van der Waals surface area contributed by atoms with E-state index in [0.717, 1.165) is 26.4 Å². The number of thioether (sulfide) groups is 1. The molecule has 8 heteroatoms. The molecular weight excluding hydrogens is 356 g/mol. The fourth-order valence-corrected chi connectivity index (χ4v) is 3.79. The molecule has 3 heterocycles.